The Morgan fingerprint density at radius 1 is 1.19 bits per heavy atom. The molecule has 0 saturated carbocycles. The summed E-state index contributed by atoms with van der Waals surface area (Å²) in [5, 5.41) is 6.35. The van der Waals surface area contributed by atoms with E-state index in [0.717, 1.165) is 51.3 Å². The van der Waals surface area contributed by atoms with E-state index in [0.29, 0.717) is 11.6 Å². The monoisotopic (exact) mass is 372 g/mol. The summed E-state index contributed by atoms with van der Waals surface area (Å²) in [7, 11) is 0. The number of carbonyl (C=O) groups is 2. The molecule has 6 nitrogen and oxygen atoms in total. The molecule has 2 aliphatic rings. The number of piperazine rings is 1. The summed E-state index contributed by atoms with van der Waals surface area (Å²) in [6.07, 6.45) is 1.02. The van der Waals surface area contributed by atoms with Gasteiger partial charge in [0.25, 0.3) is 5.91 Å². The van der Waals surface area contributed by atoms with Crippen LogP contribution in [0.15, 0.2) is 24.3 Å². The highest BCUT2D eigenvalue weighted by Gasteiger charge is 2.35. The van der Waals surface area contributed by atoms with E-state index in [1.165, 1.54) is 0 Å². The molecule has 6 heteroatoms. The van der Waals surface area contributed by atoms with Crippen molar-refractivity contribution in [3.8, 4) is 0 Å². The van der Waals surface area contributed by atoms with Crippen molar-refractivity contribution in [2.24, 2.45) is 5.92 Å². The number of nitrogens with zero attached hydrogens (tertiary/aromatic N) is 2. The maximum atomic E-state index is 13.1. The number of rotatable bonds is 5. The molecule has 27 heavy (non-hydrogen) atoms. The molecule has 2 aliphatic heterocycles. The van der Waals surface area contributed by atoms with Gasteiger partial charge in [-0.05, 0) is 31.4 Å². The number of aryl methyl sites for hydroxylation is 1. The summed E-state index contributed by atoms with van der Waals surface area (Å²) in [6.45, 7) is 11.6. The van der Waals surface area contributed by atoms with Crippen molar-refractivity contribution in [1.82, 2.24) is 20.4 Å². The van der Waals surface area contributed by atoms with Gasteiger partial charge in [-0.3, -0.25) is 14.5 Å². The second-order valence-electron chi connectivity index (χ2n) is 8.08. The molecule has 2 unspecified atom stereocenters. The topological polar surface area (TPSA) is 64.7 Å². The molecule has 0 bridgehead atoms. The van der Waals surface area contributed by atoms with Crippen LogP contribution in [0.1, 0.15) is 36.2 Å². The normalized spacial score (nSPS) is 22.1. The summed E-state index contributed by atoms with van der Waals surface area (Å²) in [6, 6.07) is 7.43. The Labute approximate surface area is 162 Å². The standard InChI is InChI=1S/C21H32N4O2/c1-15(2)19(23-20(26)17-6-4-5-16(3)13-17)21(27)25-10-7-18(14-25)24-11-8-22-9-12-24/h4-6,13,15,18-19,22H,7-12,14H2,1-3H3,(H,23,26). The van der Waals surface area contributed by atoms with Crippen molar-refractivity contribution in [3.05, 3.63) is 35.4 Å². The number of amides is 2. The van der Waals surface area contributed by atoms with Crippen LogP contribution in [-0.4, -0.2) is 73.0 Å². The molecule has 2 heterocycles. The van der Waals surface area contributed by atoms with Crippen molar-refractivity contribution in [1.29, 1.82) is 0 Å². The first kappa shape index (κ1) is 19.8. The molecule has 2 saturated heterocycles. The van der Waals surface area contributed by atoms with E-state index in [9.17, 15) is 9.59 Å². The number of carbonyl (C=O) groups excluding carboxylic acids is 2. The molecule has 0 aliphatic carbocycles. The van der Waals surface area contributed by atoms with Crippen molar-refractivity contribution >= 4 is 11.8 Å². The van der Waals surface area contributed by atoms with Gasteiger partial charge in [0, 0.05) is 50.9 Å². The van der Waals surface area contributed by atoms with Crippen molar-refractivity contribution < 1.29 is 9.59 Å². The van der Waals surface area contributed by atoms with Gasteiger partial charge in [-0.15, -0.1) is 0 Å². The number of hydrogen-bond acceptors (Lipinski definition) is 4. The Balaban J connectivity index is 1.62. The van der Waals surface area contributed by atoms with E-state index in [2.05, 4.69) is 15.5 Å². The van der Waals surface area contributed by atoms with E-state index < -0.39 is 6.04 Å². The van der Waals surface area contributed by atoms with Gasteiger partial charge in [0.15, 0.2) is 0 Å². The third kappa shape index (κ3) is 4.87. The number of benzene rings is 1. The van der Waals surface area contributed by atoms with Crippen LogP contribution < -0.4 is 10.6 Å². The lowest BCUT2D eigenvalue weighted by molar-refractivity contribution is -0.133. The average Bonchev–Trinajstić information content (AvgIpc) is 3.16. The number of nitrogens with one attached hydrogen (secondary N) is 2. The SMILES string of the molecule is Cc1cccc(C(=O)NC(C(=O)N2CCC(N3CCNCC3)C2)C(C)C)c1. The fraction of sp³-hybridized carbons (Fsp3) is 0.619. The lowest BCUT2D eigenvalue weighted by atomic mass is 10.0. The van der Waals surface area contributed by atoms with Crippen LogP contribution in [-0.2, 0) is 4.79 Å². The first-order valence-electron chi connectivity index (χ1n) is 10.1. The van der Waals surface area contributed by atoms with Crippen LogP contribution in [0.3, 0.4) is 0 Å². The van der Waals surface area contributed by atoms with Crippen molar-refractivity contribution in [2.75, 3.05) is 39.3 Å². The third-order valence-electron chi connectivity index (χ3n) is 5.64. The van der Waals surface area contributed by atoms with Crippen molar-refractivity contribution in [2.45, 2.75) is 39.3 Å². The quantitative estimate of drug-likeness (QED) is 0.817. The van der Waals surface area contributed by atoms with Crippen LogP contribution in [0.2, 0.25) is 0 Å². The Kier molecular flexibility index (Phi) is 6.50. The lowest BCUT2D eigenvalue weighted by Crippen LogP contribution is -2.52. The molecule has 2 N–H and O–H groups in total. The minimum atomic E-state index is -0.486. The first-order chi connectivity index (χ1) is 13.0. The highest BCUT2D eigenvalue weighted by atomic mass is 16.2. The smallest absolute Gasteiger partial charge is 0.251 e. The first-order valence-corrected chi connectivity index (χ1v) is 10.1. The summed E-state index contributed by atoms with van der Waals surface area (Å²) < 4.78 is 0. The highest BCUT2D eigenvalue weighted by Crippen LogP contribution is 2.19. The molecular formula is C21H32N4O2. The van der Waals surface area contributed by atoms with Gasteiger partial charge in [-0.1, -0.05) is 31.5 Å². The number of likely N-dealkylation sites (tertiary alicyclic amines) is 1. The predicted octanol–water partition coefficient (Wildman–Crippen LogP) is 1.26. The van der Waals surface area contributed by atoms with Gasteiger partial charge in [-0.2, -0.15) is 0 Å². The fourth-order valence-electron chi connectivity index (χ4n) is 4.01. The zero-order valence-corrected chi connectivity index (χ0v) is 16.7. The lowest BCUT2D eigenvalue weighted by Gasteiger charge is -2.33. The minimum absolute atomic E-state index is 0.0450. The third-order valence-corrected chi connectivity index (χ3v) is 5.64. The average molecular weight is 373 g/mol. The maximum absolute atomic E-state index is 13.1. The van der Waals surface area contributed by atoms with E-state index in [1.807, 2.05) is 43.9 Å². The molecule has 0 spiro atoms. The van der Waals surface area contributed by atoms with Crippen molar-refractivity contribution in [3.63, 3.8) is 0 Å². The largest absolute Gasteiger partial charge is 0.340 e. The fourth-order valence-corrected chi connectivity index (χ4v) is 4.01. The molecule has 148 valence electrons. The second kappa shape index (κ2) is 8.85. The summed E-state index contributed by atoms with van der Waals surface area (Å²) in [5.41, 5.74) is 1.64. The minimum Gasteiger partial charge on any atom is -0.340 e. The molecule has 2 amide bonds. The van der Waals surface area contributed by atoms with E-state index >= 15 is 0 Å². The summed E-state index contributed by atoms with van der Waals surface area (Å²) in [5.74, 6) is -0.0864. The van der Waals surface area contributed by atoms with Gasteiger partial charge < -0.3 is 15.5 Å². The van der Waals surface area contributed by atoms with Gasteiger partial charge in [0.1, 0.15) is 6.04 Å². The molecule has 2 atom stereocenters. The summed E-state index contributed by atoms with van der Waals surface area (Å²) in [4.78, 5) is 30.2. The van der Waals surface area contributed by atoms with Crippen LogP contribution >= 0.6 is 0 Å². The molecule has 0 radical (unpaired) electrons. The van der Waals surface area contributed by atoms with Crippen LogP contribution in [0, 0.1) is 12.8 Å². The molecule has 0 aromatic heterocycles. The van der Waals surface area contributed by atoms with Gasteiger partial charge in [0.2, 0.25) is 5.91 Å². The Bertz CT molecular complexity index is 670. The van der Waals surface area contributed by atoms with Gasteiger partial charge >= 0.3 is 0 Å². The molecule has 3 rings (SSSR count). The molecular weight excluding hydrogens is 340 g/mol. The zero-order chi connectivity index (χ0) is 19.4. The maximum Gasteiger partial charge on any atom is 0.251 e. The van der Waals surface area contributed by atoms with Gasteiger partial charge in [0.05, 0.1) is 0 Å². The van der Waals surface area contributed by atoms with Crippen LogP contribution in [0.5, 0.6) is 0 Å². The van der Waals surface area contributed by atoms with E-state index in [4.69, 9.17) is 0 Å². The Morgan fingerprint density at radius 3 is 2.59 bits per heavy atom. The second-order valence-corrected chi connectivity index (χ2v) is 8.08. The number of hydrogen-bond donors (Lipinski definition) is 2. The highest BCUT2D eigenvalue weighted by molar-refractivity contribution is 5.97. The Morgan fingerprint density at radius 2 is 1.93 bits per heavy atom. The van der Waals surface area contributed by atoms with E-state index in [-0.39, 0.29) is 17.7 Å². The predicted molar refractivity (Wildman–Crippen MR) is 107 cm³/mol. The molecule has 1 aromatic carbocycles. The van der Waals surface area contributed by atoms with Crippen LogP contribution in [0.25, 0.3) is 0 Å². The molecule has 1 aromatic rings. The van der Waals surface area contributed by atoms with Gasteiger partial charge in [-0.25, -0.2) is 0 Å². The van der Waals surface area contributed by atoms with E-state index in [1.54, 1.807) is 6.07 Å². The zero-order valence-electron chi connectivity index (χ0n) is 16.7. The Hall–Kier alpha value is -1.92. The van der Waals surface area contributed by atoms with Crippen LogP contribution in [0.4, 0.5) is 0 Å². The summed E-state index contributed by atoms with van der Waals surface area (Å²) >= 11 is 0. The molecule has 2 fully saturated rings.